The minimum Gasteiger partial charge on any atom is -0.507 e. The van der Waals surface area contributed by atoms with Crippen molar-refractivity contribution >= 4 is 39.1 Å². The second-order valence-corrected chi connectivity index (χ2v) is 8.02. The summed E-state index contributed by atoms with van der Waals surface area (Å²) in [7, 11) is 1.46. The van der Waals surface area contributed by atoms with Crippen LogP contribution in [-0.2, 0) is 9.59 Å². The van der Waals surface area contributed by atoms with Crippen LogP contribution in [0.4, 0.5) is 18.9 Å². The zero-order valence-corrected chi connectivity index (χ0v) is 18.6. The summed E-state index contributed by atoms with van der Waals surface area (Å²) >= 11 is 3.30. The van der Waals surface area contributed by atoms with Crippen LogP contribution in [0.2, 0.25) is 0 Å². The largest absolute Gasteiger partial charge is 0.507 e. The third kappa shape index (κ3) is 4.00. The fourth-order valence-corrected chi connectivity index (χ4v) is 4.23. The Balaban J connectivity index is 1.96. The van der Waals surface area contributed by atoms with Gasteiger partial charge in [0.05, 0.1) is 28.9 Å². The Morgan fingerprint density at radius 2 is 1.64 bits per heavy atom. The van der Waals surface area contributed by atoms with Crippen molar-refractivity contribution in [3.63, 3.8) is 0 Å². The molecule has 1 N–H and O–H groups in total. The average molecular weight is 518 g/mol. The molecule has 1 aliphatic rings. The fraction of sp³-hybridized carbons (Fsp3) is 0.0833. The number of methoxy groups -OCH3 is 1. The lowest BCUT2D eigenvalue weighted by Gasteiger charge is -2.25. The predicted molar refractivity (Wildman–Crippen MR) is 118 cm³/mol. The van der Waals surface area contributed by atoms with E-state index in [0.717, 1.165) is 29.2 Å². The maximum Gasteiger partial charge on any atom is 0.300 e. The van der Waals surface area contributed by atoms with Crippen molar-refractivity contribution in [2.75, 3.05) is 12.0 Å². The number of amides is 1. The Labute approximate surface area is 194 Å². The highest BCUT2D eigenvalue weighted by molar-refractivity contribution is 9.10. The van der Waals surface area contributed by atoms with E-state index in [1.54, 1.807) is 6.07 Å². The normalized spacial score (nSPS) is 17.5. The third-order valence-electron chi connectivity index (χ3n) is 5.22. The van der Waals surface area contributed by atoms with Gasteiger partial charge in [-0.15, -0.1) is 0 Å². The standard InChI is InChI=1S/C24H15BrF3NO4/c1-33-19-9-4-13(10-16(19)25)22(30)20-21(12-2-5-14(26)6-3-12)29(24(32)23(20)31)18-8-7-15(27)11-17(18)28/h2-11,21,30H,1H3/b22-20+. The predicted octanol–water partition coefficient (Wildman–Crippen LogP) is 5.50. The maximum atomic E-state index is 14.6. The number of rotatable bonds is 4. The van der Waals surface area contributed by atoms with Crippen LogP contribution >= 0.6 is 15.9 Å². The molecule has 0 aromatic heterocycles. The number of aliphatic hydroxyl groups is 1. The smallest absolute Gasteiger partial charge is 0.300 e. The first-order chi connectivity index (χ1) is 15.7. The van der Waals surface area contributed by atoms with Crippen molar-refractivity contribution in [2.24, 2.45) is 0 Å². The number of aliphatic hydroxyl groups excluding tert-OH is 1. The highest BCUT2D eigenvalue weighted by Crippen LogP contribution is 2.43. The molecule has 0 saturated carbocycles. The molecule has 3 aromatic rings. The molecule has 1 aliphatic heterocycles. The number of carbonyl (C=O) groups excluding carboxylic acids is 2. The van der Waals surface area contributed by atoms with E-state index in [9.17, 15) is 27.9 Å². The van der Waals surface area contributed by atoms with Gasteiger partial charge in [0.15, 0.2) is 0 Å². The van der Waals surface area contributed by atoms with E-state index in [4.69, 9.17) is 4.74 Å². The van der Waals surface area contributed by atoms with Crippen LogP contribution in [0, 0.1) is 17.5 Å². The van der Waals surface area contributed by atoms with Gasteiger partial charge in [-0.3, -0.25) is 14.5 Å². The first kappa shape index (κ1) is 22.6. The molecule has 0 spiro atoms. The molecule has 4 rings (SSSR count). The number of halogens is 4. The summed E-state index contributed by atoms with van der Waals surface area (Å²) in [5.74, 6) is -4.75. The molecule has 1 amide bonds. The molecule has 0 radical (unpaired) electrons. The lowest BCUT2D eigenvalue weighted by atomic mass is 9.95. The Morgan fingerprint density at radius 3 is 2.24 bits per heavy atom. The fourth-order valence-electron chi connectivity index (χ4n) is 3.69. The van der Waals surface area contributed by atoms with Crippen LogP contribution < -0.4 is 9.64 Å². The number of carbonyl (C=O) groups is 2. The molecular formula is C24H15BrF3NO4. The number of Topliss-reactive ketones (excluding diaryl/α,β-unsaturated/α-hetero) is 1. The summed E-state index contributed by atoms with van der Waals surface area (Å²) in [4.78, 5) is 26.8. The van der Waals surface area contributed by atoms with Crippen molar-refractivity contribution in [1.29, 1.82) is 0 Å². The molecule has 3 aromatic carbocycles. The number of nitrogens with zero attached hydrogens (tertiary/aromatic N) is 1. The molecule has 0 bridgehead atoms. The molecular weight excluding hydrogens is 503 g/mol. The van der Waals surface area contributed by atoms with Gasteiger partial charge < -0.3 is 9.84 Å². The van der Waals surface area contributed by atoms with Gasteiger partial charge in [0.2, 0.25) is 0 Å². The highest BCUT2D eigenvalue weighted by Gasteiger charge is 2.47. The monoisotopic (exact) mass is 517 g/mol. The number of benzene rings is 3. The van der Waals surface area contributed by atoms with Crippen LogP contribution in [0.3, 0.4) is 0 Å². The van der Waals surface area contributed by atoms with E-state index >= 15 is 0 Å². The van der Waals surface area contributed by atoms with Gasteiger partial charge in [0.25, 0.3) is 11.7 Å². The number of ketones is 1. The van der Waals surface area contributed by atoms with E-state index in [2.05, 4.69) is 15.9 Å². The molecule has 1 heterocycles. The van der Waals surface area contributed by atoms with Gasteiger partial charge in [-0.25, -0.2) is 13.2 Å². The molecule has 1 saturated heterocycles. The summed E-state index contributed by atoms with van der Waals surface area (Å²) in [5, 5.41) is 11.1. The number of hydrogen-bond acceptors (Lipinski definition) is 4. The van der Waals surface area contributed by atoms with E-state index < -0.39 is 40.9 Å². The van der Waals surface area contributed by atoms with Crippen LogP contribution in [0.1, 0.15) is 17.2 Å². The Kier molecular flexibility index (Phi) is 5.99. The topological polar surface area (TPSA) is 66.8 Å². The molecule has 9 heteroatoms. The summed E-state index contributed by atoms with van der Waals surface area (Å²) in [6, 6.07) is 10.6. The molecule has 168 valence electrons. The lowest BCUT2D eigenvalue weighted by Crippen LogP contribution is -2.30. The SMILES string of the molecule is COc1ccc(/C(O)=C2\C(=O)C(=O)N(c3ccc(F)cc3F)C2c2ccc(F)cc2)cc1Br. The first-order valence-corrected chi connectivity index (χ1v) is 10.4. The summed E-state index contributed by atoms with van der Waals surface area (Å²) < 4.78 is 47.3. The zero-order valence-electron chi connectivity index (χ0n) is 17.0. The molecule has 5 nitrogen and oxygen atoms in total. The third-order valence-corrected chi connectivity index (χ3v) is 5.84. The van der Waals surface area contributed by atoms with Gasteiger partial charge >= 0.3 is 0 Å². The number of anilines is 1. The molecule has 33 heavy (non-hydrogen) atoms. The van der Waals surface area contributed by atoms with Crippen molar-refractivity contribution < 1.29 is 32.6 Å². The van der Waals surface area contributed by atoms with E-state index in [-0.39, 0.29) is 22.4 Å². The zero-order chi connectivity index (χ0) is 23.9. The van der Waals surface area contributed by atoms with Gasteiger partial charge in [-0.05, 0) is 64.0 Å². The van der Waals surface area contributed by atoms with Crippen LogP contribution in [0.15, 0.2) is 70.7 Å². The van der Waals surface area contributed by atoms with Crippen LogP contribution in [0.25, 0.3) is 5.76 Å². The number of hydrogen-bond donors (Lipinski definition) is 1. The van der Waals surface area contributed by atoms with Gasteiger partial charge in [-0.1, -0.05) is 12.1 Å². The quantitative estimate of drug-likeness (QED) is 0.282. The second kappa shape index (κ2) is 8.74. The molecule has 1 atom stereocenters. The van der Waals surface area contributed by atoms with Crippen LogP contribution in [0.5, 0.6) is 5.75 Å². The average Bonchev–Trinajstić information content (AvgIpc) is 3.04. The second-order valence-electron chi connectivity index (χ2n) is 7.17. The summed E-state index contributed by atoms with van der Waals surface area (Å²) in [6.45, 7) is 0. The van der Waals surface area contributed by atoms with Crippen molar-refractivity contribution in [3.05, 3.63) is 99.3 Å². The van der Waals surface area contributed by atoms with Gasteiger partial charge in [0.1, 0.15) is 29.0 Å². The summed E-state index contributed by atoms with van der Waals surface area (Å²) in [5.41, 5.74) is -0.254. The van der Waals surface area contributed by atoms with Crippen molar-refractivity contribution in [2.45, 2.75) is 6.04 Å². The van der Waals surface area contributed by atoms with Gasteiger partial charge in [0, 0.05) is 11.6 Å². The minimum absolute atomic E-state index is 0.187. The lowest BCUT2D eigenvalue weighted by molar-refractivity contribution is -0.132. The highest BCUT2D eigenvalue weighted by atomic mass is 79.9. The molecule has 1 fully saturated rings. The van der Waals surface area contributed by atoms with Crippen molar-refractivity contribution in [3.8, 4) is 5.75 Å². The van der Waals surface area contributed by atoms with Gasteiger partial charge in [-0.2, -0.15) is 0 Å². The Hall–Kier alpha value is -3.59. The van der Waals surface area contributed by atoms with E-state index in [1.807, 2.05) is 0 Å². The molecule has 1 unspecified atom stereocenters. The van der Waals surface area contributed by atoms with Crippen molar-refractivity contribution in [1.82, 2.24) is 0 Å². The first-order valence-electron chi connectivity index (χ1n) is 9.58. The van der Waals surface area contributed by atoms with Crippen LogP contribution in [-0.4, -0.2) is 23.9 Å². The maximum absolute atomic E-state index is 14.6. The Morgan fingerprint density at radius 1 is 0.970 bits per heavy atom. The Bertz CT molecular complexity index is 1310. The summed E-state index contributed by atoms with van der Waals surface area (Å²) in [6.07, 6.45) is 0. The molecule has 0 aliphatic carbocycles. The van der Waals surface area contributed by atoms with E-state index in [0.29, 0.717) is 16.3 Å². The van der Waals surface area contributed by atoms with E-state index in [1.165, 1.54) is 31.4 Å². The number of ether oxygens (including phenoxy) is 1. The minimum atomic E-state index is -1.29.